The van der Waals surface area contributed by atoms with Gasteiger partial charge in [0.2, 0.25) is 0 Å². The lowest BCUT2D eigenvalue weighted by atomic mass is 9.90. The van der Waals surface area contributed by atoms with Crippen molar-refractivity contribution in [2.24, 2.45) is 10.8 Å². The molecule has 0 heterocycles. The molecule has 0 saturated heterocycles. The van der Waals surface area contributed by atoms with E-state index in [1.165, 1.54) is 0 Å². The molecule has 0 amide bonds. The molecule has 45 heavy (non-hydrogen) atoms. The molecule has 0 aliphatic carbocycles. The average Bonchev–Trinajstić information content (AvgIpc) is 3.03. The van der Waals surface area contributed by atoms with E-state index >= 15 is 0 Å². The topological polar surface area (TPSA) is 159 Å². The second kappa shape index (κ2) is 21.6. The van der Waals surface area contributed by atoms with Crippen molar-refractivity contribution in [3.05, 3.63) is 63.3 Å². The van der Waals surface area contributed by atoms with Crippen molar-refractivity contribution in [2.75, 3.05) is 66.1 Å². The van der Waals surface area contributed by atoms with Crippen LogP contribution < -0.4 is 0 Å². The maximum absolute atomic E-state index is 12.0. The van der Waals surface area contributed by atoms with Crippen molar-refractivity contribution in [1.29, 1.82) is 0 Å². The van der Waals surface area contributed by atoms with Crippen LogP contribution in [0.15, 0.2) is 63.3 Å². The zero-order chi connectivity index (χ0) is 34.4. The van der Waals surface area contributed by atoms with Crippen LogP contribution in [0.4, 0.5) is 0 Å². The first kappa shape index (κ1) is 40.9. The fourth-order valence-electron chi connectivity index (χ4n) is 3.47. The number of hydrogen-bond donors (Lipinski definition) is 0. The molecular formula is C32H46O13. The molecule has 0 aliphatic rings. The molecule has 0 aromatic heterocycles. The molecule has 252 valence electrons. The van der Waals surface area contributed by atoms with Crippen molar-refractivity contribution < 1.29 is 61.9 Å². The molecule has 0 unspecified atom stereocenters. The van der Waals surface area contributed by atoms with E-state index in [1.807, 2.05) is 20.8 Å². The Morgan fingerprint density at radius 3 is 1.09 bits per heavy atom. The van der Waals surface area contributed by atoms with Crippen molar-refractivity contribution in [2.45, 2.75) is 32.8 Å². The highest BCUT2D eigenvalue weighted by molar-refractivity contribution is 5.82. The highest BCUT2D eigenvalue weighted by Crippen LogP contribution is 2.26. The van der Waals surface area contributed by atoms with Crippen LogP contribution in [0.1, 0.15) is 27.2 Å². The Morgan fingerprint density at radius 2 is 0.800 bits per heavy atom. The quantitative estimate of drug-likeness (QED) is 0.0590. The summed E-state index contributed by atoms with van der Waals surface area (Å²) < 4.78 is 44.0. The highest BCUT2D eigenvalue weighted by Gasteiger charge is 2.40. The summed E-state index contributed by atoms with van der Waals surface area (Å²) in [6, 6.07) is 0. The largest absolute Gasteiger partial charge is 0.462 e. The Bertz CT molecular complexity index is 960. The van der Waals surface area contributed by atoms with Gasteiger partial charge in [-0.3, -0.25) is 0 Å². The second-order valence-corrected chi connectivity index (χ2v) is 10.5. The van der Waals surface area contributed by atoms with Crippen LogP contribution in [-0.2, 0) is 61.9 Å². The summed E-state index contributed by atoms with van der Waals surface area (Å²) >= 11 is 0. The molecule has 0 radical (unpaired) electrons. The first-order chi connectivity index (χ1) is 21.2. The molecule has 0 bridgehead atoms. The molecule has 0 aromatic rings. The molecule has 0 saturated carbocycles. The van der Waals surface area contributed by atoms with Gasteiger partial charge in [-0.25, -0.2) is 24.0 Å². The van der Waals surface area contributed by atoms with E-state index in [0.29, 0.717) is 13.0 Å². The Kier molecular flexibility index (Phi) is 19.6. The van der Waals surface area contributed by atoms with Crippen LogP contribution in [0, 0.1) is 10.8 Å². The predicted molar refractivity (Wildman–Crippen MR) is 163 cm³/mol. The molecule has 0 aromatic carbocycles. The van der Waals surface area contributed by atoms with Gasteiger partial charge in [0.25, 0.3) is 0 Å². The fraction of sp³-hybridized carbons (Fsp3) is 0.531. The minimum atomic E-state index is -1.43. The molecule has 13 heteroatoms. The lowest BCUT2D eigenvalue weighted by molar-refractivity contribution is -0.168. The third kappa shape index (κ3) is 17.7. The van der Waals surface area contributed by atoms with Gasteiger partial charge < -0.3 is 37.9 Å². The van der Waals surface area contributed by atoms with Gasteiger partial charge in [0.1, 0.15) is 33.0 Å². The number of carbonyl (C=O) groups is 5. The molecule has 0 spiro atoms. The Labute approximate surface area is 264 Å². The summed E-state index contributed by atoms with van der Waals surface area (Å²) in [4.78, 5) is 59.8. The molecule has 0 fully saturated rings. The molecule has 0 aliphatic heterocycles. The van der Waals surface area contributed by atoms with Crippen molar-refractivity contribution in [3.63, 3.8) is 0 Å². The van der Waals surface area contributed by atoms with Gasteiger partial charge in [0, 0.05) is 43.6 Å². The average molecular weight is 639 g/mol. The van der Waals surface area contributed by atoms with Crippen LogP contribution in [0.3, 0.4) is 0 Å². The second-order valence-electron chi connectivity index (χ2n) is 10.5. The third-order valence-electron chi connectivity index (χ3n) is 6.04. The van der Waals surface area contributed by atoms with Crippen LogP contribution >= 0.6 is 0 Å². The molecule has 0 atom stereocenters. The number of rotatable bonds is 26. The van der Waals surface area contributed by atoms with Gasteiger partial charge >= 0.3 is 29.8 Å². The minimum absolute atomic E-state index is 0.112. The van der Waals surface area contributed by atoms with E-state index in [0.717, 1.165) is 30.4 Å². The van der Waals surface area contributed by atoms with Crippen LogP contribution in [0.5, 0.6) is 0 Å². The van der Waals surface area contributed by atoms with Crippen molar-refractivity contribution in [1.82, 2.24) is 0 Å². The van der Waals surface area contributed by atoms with Crippen LogP contribution in [0.2, 0.25) is 0 Å². The number of ether oxygens (including phenoxy) is 8. The Hall–Kier alpha value is -4.07. The zero-order valence-corrected chi connectivity index (χ0v) is 26.5. The van der Waals surface area contributed by atoms with E-state index in [9.17, 15) is 24.0 Å². The fourth-order valence-corrected chi connectivity index (χ4v) is 3.47. The summed E-state index contributed by atoms with van der Waals surface area (Å²) in [5, 5.41) is 0. The van der Waals surface area contributed by atoms with Gasteiger partial charge in [0.15, 0.2) is 0 Å². The first-order valence-electron chi connectivity index (χ1n) is 14.0. The SMILES string of the molecule is C=CC(=O)OCC(COCCC(C)(C)OCC)(COCC(COC(=O)C=C)(COC(=O)C=C)COC(=O)C=C)COC(=O)C=C. The maximum Gasteiger partial charge on any atom is 0.330 e. The third-order valence-corrected chi connectivity index (χ3v) is 6.04. The number of hydrogen-bond acceptors (Lipinski definition) is 13. The van der Waals surface area contributed by atoms with Gasteiger partial charge in [0.05, 0.1) is 36.3 Å². The summed E-state index contributed by atoms with van der Waals surface area (Å²) in [5.41, 5.74) is -3.18. The van der Waals surface area contributed by atoms with Crippen LogP contribution in [-0.4, -0.2) is 102 Å². The highest BCUT2D eigenvalue weighted by atomic mass is 16.6. The molecule has 0 rings (SSSR count). The molecule has 0 N–H and O–H groups in total. The van der Waals surface area contributed by atoms with E-state index in [1.54, 1.807) is 0 Å². The van der Waals surface area contributed by atoms with E-state index in [-0.39, 0.29) is 39.6 Å². The maximum atomic E-state index is 12.0. The lowest BCUT2D eigenvalue weighted by Gasteiger charge is -2.35. The summed E-state index contributed by atoms with van der Waals surface area (Å²) in [7, 11) is 0. The smallest absolute Gasteiger partial charge is 0.330 e. The Balaban J connectivity index is 6.31. The molecule has 13 nitrogen and oxygen atoms in total. The predicted octanol–water partition coefficient (Wildman–Crippen LogP) is 2.84. The van der Waals surface area contributed by atoms with Crippen molar-refractivity contribution in [3.8, 4) is 0 Å². The lowest BCUT2D eigenvalue weighted by Crippen LogP contribution is -2.47. The van der Waals surface area contributed by atoms with E-state index < -0.39 is 66.1 Å². The monoisotopic (exact) mass is 638 g/mol. The number of esters is 5. The first-order valence-corrected chi connectivity index (χ1v) is 14.0. The standard InChI is InChI=1S/C32H46O13/c1-9-25(33)40-20-31(21-41-26(34)10-2,17-38-16-15-30(7,8)45-14-6)18-39-19-32(22-42-27(35)11-3,23-43-28(36)12-4)24-44-29(37)13-5/h9-13H,1-5,14-24H2,6-8H3. The molecular weight excluding hydrogens is 592 g/mol. The van der Waals surface area contributed by atoms with Crippen LogP contribution in [0.25, 0.3) is 0 Å². The van der Waals surface area contributed by atoms with Crippen molar-refractivity contribution >= 4 is 29.8 Å². The summed E-state index contributed by atoms with van der Waals surface area (Å²) in [5.74, 6) is -3.88. The summed E-state index contributed by atoms with van der Waals surface area (Å²) in [6.45, 7) is 20.6. The van der Waals surface area contributed by atoms with E-state index in [4.69, 9.17) is 37.9 Å². The van der Waals surface area contributed by atoms with Gasteiger partial charge in [-0.15, -0.1) is 0 Å². The van der Waals surface area contributed by atoms with Gasteiger partial charge in [-0.05, 0) is 27.2 Å². The van der Waals surface area contributed by atoms with Gasteiger partial charge in [-0.1, -0.05) is 32.9 Å². The zero-order valence-electron chi connectivity index (χ0n) is 26.5. The number of carbonyl (C=O) groups excluding carboxylic acids is 5. The van der Waals surface area contributed by atoms with Gasteiger partial charge in [-0.2, -0.15) is 0 Å². The Morgan fingerprint density at radius 1 is 0.511 bits per heavy atom. The minimum Gasteiger partial charge on any atom is -0.462 e. The van der Waals surface area contributed by atoms with E-state index in [2.05, 4.69) is 32.9 Å². The summed E-state index contributed by atoms with van der Waals surface area (Å²) in [6.07, 6.45) is 5.22. The normalized spacial score (nSPS) is 11.4.